The van der Waals surface area contributed by atoms with Gasteiger partial charge in [0.15, 0.2) is 11.2 Å². The fourth-order valence-electron chi connectivity index (χ4n) is 2.50. The Morgan fingerprint density at radius 3 is 2.62 bits per heavy atom. The topological polar surface area (TPSA) is 95.7 Å². The number of aromatic nitrogens is 2. The van der Waals surface area contributed by atoms with Crippen molar-refractivity contribution in [3.05, 3.63) is 70.1 Å². The Labute approximate surface area is 137 Å². The van der Waals surface area contributed by atoms with Crippen molar-refractivity contribution in [2.75, 3.05) is 7.05 Å². The van der Waals surface area contributed by atoms with Gasteiger partial charge in [0.25, 0.3) is 5.91 Å². The first kappa shape index (κ1) is 15.5. The number of hydrogen-bond acceptors (Lipinski definition) is 5. The van der Waals surface area contributed by atoms with Crippen LogP contribution in [-0.2, 0) is 6.54 Å². The van der Waals surface area contributed by atoms with Gasteiger partial charge in [-0.25, -0.2) is 4.98 Å². The Balaban J connectivity index is 2.05. The van der Waals surface area contributed by atoms with Crippen LogP contribution in [0.3, 0.4) is 0 Å². The predicted octanol–water partition coefficient (Wildman–Crippen LogP) is 1.61. The molecule has 2 N–H and O–H groups in total. The second-order valence-corrected chi connectivity index (χ2v) is 5.36. The molecule has 0 bridgehead atoms. The van der Waals surface area contributed by atoms with E-state index in [9.17, 15) is 19.9 Å². The minimum atomic E-state index is -1.01. The van der Waals surface area contributed by atoms with Gasteiger partial charge in [0, 0.05) is 19.8 Å². The fraction of sp³-hybridized carbons (Fsp3) is 0.118. The van der Waals surface area contributed by atoms with Gasteiger partial charge in [0.2, 0.25) is 0 Å². The highest BCUT2D eigenvalue weighted by Crippen LogP contribution is 2.25. The Bertz CT molecular complexity index is 967. The maximum Gasteiger partial charge on any atom is 0.301 e. The summed E-state index contributed by atoms with van der Waals surface area (Å²) in [6, 6.07) is 12.2. The molecule has 2 aromatic heterocycles. The molecule has 0 aliphatic carbocycles. The molecule has 0 aliphatic heterocycles. The van der Waals surface area contributed by atoms with Crippen LogP contribution in [0.25, 0.3) is 11.0 Å². The summed E-state index contributed by atoms with van der Waals surface area (Å²) < 4.78 is 0.276. The van der Waals surface area contributed by atoms with Crippen molar-refractivity contribution in [3.8, 4) is 5.75 Å². The van der Waals surface area contributed by atoms with Crippen molar-refractivity contribution in [1.29, 1.82) is 0 Å². The number of pyridine rings is 2. The molecular formula is C17H15N3O4. The summed E-state index contributed by atoms with van der Waals surface area (Å²) in [6.07, 6.45) is 1.37. The maximum atomic E-state index is 12.6. The van der Waals surface area contributed by atoms with Crippen LogP contribution in [0, 0.1) is 0 Å². The zero-order chi connectivity index (χ0) is 17.3. The second-order valence-electron chi connectivity index (χ2n) is 5.36. The van der Waals surface area contributed by atoms with Crippen LogP contribution in [0.15, 0.2) is 53.5 Å². The Morgan fingerprint density at radius 1 is 1.21 bits per heavy atom. The lowest BCUT2D eigenvalue weighted by molar-refractivity contribution is 0.0774. The van der Waals surface area contributed by atoms with E-state index < -0.39 is 22.8 Å². The fourth-order valence-corrected chi connectivity index (χ4v) is 2.50. The zero-order valence-electron chi connectivity index (χ0n) is 12.9. The van der Waals surface area contributed by atoms with Crippen LogP contribution < -0.4 is 5.56 Å². The zero-order valence-corrected chi connectivity index (χ0v) is 12.9. The minimum absolute atomic E-state index is 0.109. The van der Waals surface area contributed by atoms with Crippen molar-refractivity contribution in [2.45, 2.75) is 6.54 Å². The normalized spacial score (nSPS) is 10.7. The number of rotatable bonds is 3. The first-order chi connectivity index (χ1) is 11.5. The lowest BCUT2D eigenvalue weighted by atomic mass is 10.1. The second kappa shape index (κ2) is 6.04. The summed E-state index contributed by atoms with van der Waals surface area (Å²) in [5.41, 5.74) is -0.734. The number of carbonyl (C=O) groups is 1. The van der Waals surface area contributed by atoms with Gasteiger partial charge in [-0.3, -0.25) is 9.59 Å². The van der Waals surface area contributed by atoms with Gasteiger partial charge < -0.3 is 15.2 Å². The number of amides is 1. The number of hydrogen-bond donors (Lipinski definition) is 2. The molecule has 7 heteroatoms. The van der Waals surface area contributed by atoms with Crippen molar-refractivity contribution in [3.63, 3.8) is 0 Å². The summed E-state index contributed by atoms with van der Waals surface area (Å²) in [6.45, 7) is 0.259. The molecular weight excluding hydrogens is 310 g/mol. The molecule has 3 aromatic rings. The summed E-state index contributed by atoms with van der Waals surface area (Å²) in [4.78, 5) is 30.0. The highest BCUT2D eigenvalue weighted by Gasteiger charge is 2.25. The van der Waals surface area contributed by atoms with Gasteiger partial charge in [-0.15, -0.1) is 4.73 Å². The molecule has 1 amide bonds. The summed E-state index contributed by atoms with van der Waals surface area (Å²) >= 11 is 0. The van der Waals surface area contributed by atoms with Crippen LogP contribution in [0.4, 0.5) is 0 Å². The molecule has 0 atom stereocenters. The molecule has 1 aromatic carbocycles. The van der Waals surface area contributed by atoms with Gasteiger partial charge >= 0.3 is 5.56 Å². The minimum Gasteiger partial charge on any atom is -0.506 e. The molecule has 0 aliphatic rings. The lowest BCUT2D eigenvalue weighted by Crippen LogP contribution is -2.34. The van der Waals surface area contributed by atoms with Crippen LogP contribution in [0.2, 0.25) is 0 Å². The average molecular weight is 325 g/mol. The predicted molar refractivity (Wildman–Crippen MR) is 87.1 cm³/mol. The van der Waals surface area contributed by atoms with E-state index in [1.165, 1.54) is 30.3 Å². The molecule has 0 radical (unpaired) electrons. The molecule has 7 nitrogen and oxygen atoms in total. The van der Waals surface area contributed by atoms with E-state index in [0.29, 0.717) is 0 Å². The number of benzene rings is 1. The monoisotopic (exact) mass is 325 g/mol. The van der Waals surface area contributed by atoms with Crippen LogP contribution in [0.1, 0.15) is 15.9 Å². The van der Waals surface area contributed by atoms with Crippen LogP contribution in [-0.4, -0.2) is 37.9 Å². The molecule has 0 saturated carbocycles. The third kappa shape index (κ3) is 2.56. The Morgan fingerprint density at radius 2 is 1.92 bits per heavy atom. The van der Waals surface area contributed by atoms with Crippen LogP contribution >= 0.6 is 0 Å². The lowest BCUT2D eigenvalue weighted by Gasteiger charge is -2.18. The third-order valence-corrected chi connectivity index (χ3v) is 3.71. The highest BCUT2D eigenvalue weighted by molar-refractivity contribution is 6.01. The molecule has 2 heterocycles. The number of nitrogens with zero attached hydrogens (tertiary/aromatic N) is 3. The summed E-state index contributed by atoms with van der Waals surface area (Å²) in [5, 5.41) is 20.4. The van der Waals surface area contributed by atoms with Crippen molar-refractivity contribution < 1.29 is 15.1 Å². The van der Waals surface area contributed by atoms with E-state index in [4.69, 9.17) is 0 Å². The average Bonchev–Trinajstić information content (AvgIpc) is 2.60. The van der Waals surface area contributed by atoms with Crippen molar-refractivity contribution in [2.24, 2.45) is 0 Å². The summed E-state index contributed by atoms with van der Waals surface area (Å²) in [5.74, 6) is -1.17. The largest absolute Gasteiger partial charge is 0.506 e. The standard InChI is InChI=1S/C17H15N3O4/c1-19(10-11-6-3-2-4-7-11)16(22)13-14(21)12-8-5-9-18-15(12)20(24)17(13)23/h2-9,21,24H,10H2,1H3. The van der Waals surface area contributed by atoms with Crippen molar-refractivity contribution in [1.82, 2.24) is 14.6 Å². The molecule has 24 heavy (non-hydrogen) atoms. The molecule has 0 unspecified atom stereocenters. The Hall–Kier alpha value is -3.35. The SMILES string of the molecule is CN(Cc1ccccc1)C(=O)c1c(O)c2cccnc2n(O)c1=O. The molecule has 3 rings (SSSR count). The maximum absolute atomic E-state index is 12.6. The van der Waals surface area contributed by atoms with E-state index in [1.807, 2.05) is 30.3 Å². The molecule has 0 saturated heterocycles. The van der Waals surface area contributed by atoms with E-state index >= 15 is 0 Å². The van der Waals surface area contributed by atoms with Crippen molar-refractivity contribution >= 4 is 16.9 Å². The van der Waals surface area contributed by atoms with Gasteiger partial charge in [0.1, 0.15) is 5.75 Å². The molecule has 0 spiro atoms. The van der Waals surface area contributed by atoms with Gasteiger partial charge in [-0.2, -0.15) is 0 Å². The first-order valence-electron chi connectivity index (χ1n) is 7.22. The summed E-state index contributed by atoms with van der Waals surface area (Å²) in [7, 11) is 1.52. The van der Waals surface area contributed by atoms with Gasteiger partial charge in [0.05, 0.1) is 5.39 Å². The highest BCUT2D eigenvalue weighted by atomic mass is 16.5. The van der Waals surface area contributed by atoms with Gasteiger partial charge in [-0.1, -0.05) is 30.3 Å². The van der Waals surface area contributed by atoms with Crippen LogP contribution in [0.5, 0.6) is 5.75 Å². The quantitative estimate of drug-likeness (QED) is 0.713. The molecule has 122 valence electrons. The van der Waals surface area contributed by atoms with Gasteiger partial charge in [-0.05, 0) is 17.7 Å². The number of fused-ring (bicyclic) bond motifs is 1. The smallest absolute Gasteiger partial charge is 0.301 e. The van der Waals surface area contributed by atoms with E-state index in [2.05, 4.69) is 4.98 Å². The number of carbonyl (C=O) groups excluding carboxylic acids is 1. The van der Waals surface area contributed by atoms with E-state index in [1.54, 1.807) is 0 Å². The number of aromatic hydroxyl groups is 1. The molecule has 0 fully saturated rings. The van der Waals surface area contributed by atoms with E-state index in [0.717, 1.165) is 5.56 Å². The van der Waals surface area contributed by atoms with E-state index in [-0.39, 0.29) is 22.3 Å². The first-order valence-corrected chi connectivity index (χ1v) is 7.22. The third-order valence-electron chi connectivity index (χ3n) is 3.71. The Kier molecular flexibility index (Phi) is 3.91.